The Hall–Kier alpha value is -1.53. The van der Waals surface area contributed by atoms with Crippen LogP contribution < -0.4 is 5.32 Å². The molecule has 1 N–H and O–H groups in total. The van der Waals surface area contributed by atoms with Gasteiger partial charge in [-0.3, -0.25) is 0 Å². The van der Waals surface area contributed by atoms with E-state index in [-0.39, 0.29) is 6.04 Å². The summed E-state index contributed by atoms with van der Waals surface area (Å²) in [5, 5.41) is 9.82. The normalized spacial score (nSPS) is 12.7. The van der Waals surface area contributed by atoms with E-state index in [1.54, 1.807) is 22.7 Å². The van der Waals surface area contributed by atoms with Crippen LogP contribution in [0.4, 0.5) is 5.82 Å². The minimum atomic E-state index is 0.206. The molecule has 6 heteroatoms. The number of anilines is 1. The Labute approximate surface area is 125 Å². The molecule has 0 saturated heterocycles. The smallest absolute Gasteiger partial charge is 0.139 e. The van der Waals surface area contributed by atoms with Gasteiger partial charge in [0.1, 0.15) is 21.5 Å². The van der Waals surface area contributed by atoms with E-state index in [9.17, 15) is 0 Å². The quantitative estimate of drug-likeness (QED) is 0.764. The summed E-state index contributed by atoms with van der Waals surface area (Å²) in [6.07, 6.45) is 3.67. The van der Waals surface area contributed by atoms with Crippen molar-refractivity contribution in [1.82, 2.24) is 15.0 Å². The lowest BCUT2D eigenvalue weighted by molar-refractivity contribution is 0.736. The average Bonchev–Trinajstić information content (AvgIpc) is 3.14. The summed E-state index contributed by atoms with van der Waals surface area (Å²) in [4.78, 5) is 14.7. The summed E-state index contributed by atoms with van der Waals surface area (Å²) in [7, 11) is 0. The van der Waals surface area contributed by atoms with Crippen LogP contribution in [0.5, 0.6) is 0 Å². The molecule has 3 heterocycles. The lowest BCUT2D eigenvalue weighted by atomic mass is 10.2. The van der Waals surface area contributed by atoms with Gasteiger partial charge in [-0.2, -0.15) is 0 Å². The van der Waals surface area contributed by atoms with Crippen molar-refractivity contribution in [1.29, 1.82) is 0 Å². The van der Waals surface area contributed by atoms with Crippen molar-refractivity contribution in [3.8, 4) is 0 Å². The summed E-state index contributed by atoms with van der Waals surface area (Å²) >= 11 is 3.34. The second-order valence-corrected chi connectivity index (χ2v) is 6.28. The van der Waals surface area contributed by atoms with Gasteiger partial charge in [0.25, 0.3) is 0 Å². The van der Waals surface area contributed by atoms with Crippen molar-refractivity contribution in [3.63, 3.8) is 0 Å². The molecule has 3 aromatic heterocycles. The van der Waals surface area contributed by atoms with Crippen LogP contribution >= 0.6 is 22.7 Å². The summed E-state index contributed by atoms with van der Waals surface area (Å²) in [6, 6.07) is 2.29. The summed E-state index contributed by atoms with van der Waals surface area (Å²) in [5.41, 5.74) is 0. The molecule has 0 radical (unpaired) electrons. The molecule has 0 aliphatic rings. The lowest BCUT2D eigenvalue weighted by Crippen LogP contribution is -2.11. The van der Waals surface area contributed by atoms with Crippen LogP contribution in [0.1, 0.15) is 37.1 Å². The second-order valence-electron chi connectivity index (χ2n) is 4.46. The SMILES string of the molecule is CCc1nc(NC(CC)c2nccs2)c2ccsc2n1. The molecule has 0 aliphatic carbocycles. The van der Waals surface area contributed by atoms with Gasteiger partial charge < -0.3 is 5.32 Å². The van der Waals surface area contributed by atoms with Crippen LogP contribution in [0.15, 0.2) is 23.0 Å². The van der Waals surface area contributed by atoms with E-state index in [2.05, 4.69) is 45.6 Å². The third-order valence-corrected chi connectivity index (χ3v) is 4.85. The average molecular weight is 304 g/mol. The summed E-state index contributed by atoms with van der Waals surface area (Å²) < 4.78 is 0. The first-order valence-electron chi connectivity index (χ1n) is 6.71. The molecule has 3 rings (SSSR count). The molecule has 3 aromatic rings. The standard InChI is InChI=1S/C14H16N4S2/c1-3-10(14-15-6-8-20-14)16-12-9-5-7-19-13(9)18-11(4-2)17-12/h5-8,10H,3-4H2,1-2H3,(H,16,17,18). The van der Waals surface area contributed by atoms with Gasteiger partial charge in [-0.05, 0) is 17.9 Å². The van der Waals surface area contributed by atoms with Gasteiger partial charge in [-0.25, -0.2) is 15.0 Å². The first-order valence-corrected chi connectivity index (χ1v) is 8.47. The van der Waals surface area contributed by atoms with Crippen molar-refractivity contribution in [2.45, 2.75) is 32.7 Å². The molecule has 0 saturated carbocycles. The van der Waals surface area contributed by atoms with Crippen LogP contribution in [0.25, 0.3) is 10.2 Å². The Kier molecular flexibility index (Phi) is 3.93. The van der Waals surface area contributed by atoms with Crippen LogP contribution in [0, 0.1) is 0 Å². The highest BCUT2D eigenvalue weighted by atomic mass is 32.1. The largest absolute Gasteiger partial charge is 0.360 e. The predicted molar refractivity (Wildman–Crippen MR) is 85.6 cm³/mol. The van der Waals surface area contributed by atoms with Crippen molar-refractivity contribution in [2.24, 2.45) is 0 Å². The van der Waals surface area contributed by atoms with E-state index < -0.39 is 0 Å². The van der Waals surface area contributed by atoms with Crippen LogP contribution in [-0.4, -0.2) is 15.0 Å². The Morgan fingerprint density at radius 2 is 2.10 bits per heavy atom. The zero-order valence-corrected chi connectivity index (χ0v) is 13.1. The number of nitrogens with one attached hydrogen (secondary N) is 1. The van der Waals surface area contributed by atoms with Gasteiger partial charge in [0.2, 0.25) is 0 Å². The maximum absolute atomic E-state index is 4.65. The minimum Gasteiger partial charge on any atom is -0.360 e. The first kappa shape index (κ1) is 13.5. The van der Waals surface area contributed by atoms with E-state index in [0.29, 0.717) is 0 Å². The Balaban J connectivity index is 1.98. The number of nitrogens with zero attached hydrogens (tertiary/aromatic N) is 3. The second kappa shape index (κ2) is 5.85. The predicted octanol–water partition coefficient (Wildman–Crippen LogP) is 4.27. The third-order valence-electron chi connectivity index (χ3n) is 3.16. The molecule has 104 valence electrons. The van der Waals surface area contributed by atoms with Gasteiger partial charge in [-0.15, -0.1) is 22.7 Å². The maximum atomic E-state index is 4.65. The maximum Gasteiger partial charge on any atom is 0.139 e. The minimum absolute atomic E-state index is 0.206. The first-order chi connectivity index (χ1) is 9.81. The number of fused-ring (bicyclic) bond motifs is 1. The molecule has 1 unspecified atom stereocenters. The Morgan fingerprint density at radius 3 is 2.80 bits per heavy atom. The van der Waals surface area contributed by atoms with E-state index in [0.717, 1.165) is 39.7 Å². The highest BCUT2D eigenvalue weighted by molar-refractivity contribution is 7.16. The highest BCUT2D eigenvalue weighted by Gasteiger charge is 2.15. The van der Waals surface area contributed by atoms with Crippen LogP contribution in [-0.2, 0) is 6.42 Å². The number of aromatic nitrogens is 3. The van der Waals surface area contributed by atoms with Crippen molar-refractivity contribution in [2.75, 3.05) is 5.32 Å². The topological polar surface area (TPSA) is 50.7 Å². The van der Waals surface area contributed by atoms with Crippen LogP contribution in [0.2, 0.25) is 0 Å². The number of hydrogen-bond acceptors (Lipinski definition) is 6. The number of thiophene rings is 1. The number of thiazole rings is 1. The van der Waals surface area contributed by atoms with Crippen molar-refractivity contribution < 1.29 is 0 Å². The fourth-order valence-corrected chi connectivity index (χ4v) is 3.63. The van der Waals surface area contributed by atoms with Crippen molar-refractivity contribution >= 4 is 38.7 Å². The number of aryl methyl sites for hydroxylation is 1. The molecule has 1 atom stereocenters. The molecule has 0 bridgehead atoms. The summed E-state index contributed by atoms with van der Waals surface area (Å²) in [6.45, 7) is 4.24. The molecule has 0 fully saturated rings. The Bertz CT molecular complexity index is 690. The van der Waals surface area contributed by atoms with Crippen LogP contribution in [0.3, 0.4) is 0 Å². The molecule has 20 heavy (non-hydrogen) atoms. The molecule has 0 aromatic carbocycles. The van der Waals surface area contributed by atoms with Gasteiger partial charge in [0.15, 0.2) is 0 Å². The molecule has 4 nitrogen and oxygen atoms in total. The van der Waals surface area contributed by atoms with Gasteiger partial charge in [0.05, 0.1) is 11.4 Å². The molecular formula is C14H16N4S2. The molecule has 0 aliphatic heterocycles. The zero-order valence-electron chi connectivity index (χ0n) is 11.5. The number of rotatable bonds is 5. The van der Waals surface area contributed by atoms with Gasteiger partial charge in [-0.1, -0.05) is 13.8 Å². The molecular weight excluding hydrogens is 288 g/mol. The van der Waals surface area contributed by atoms with E-state index in [4.69, 9.17) is 0 Å². The fourth-order valence-electron chi connectivity index (χ4n) is 2.08. The van der Waals surface area contributed by atoms with E-state index in [1.165, 1.54) is 0 Å². The van der Waals surface area contributed by atoms with Crippen molar-refractivity contribution in [3.05, 3.63) is 33.9 Å². The Morgan fingerprint density at radius 1 is 1.20 bits per heavy atom. The fraction of sp³-hybridized carbons (Fsp3) is 0.357. The molecule has 0 spiro atoms. The zero-order chi connectivity index (χ0) is 13.9. The summed E-state index contributed by atoms with van der Waals surface area (Å²) in [5.74, 6) is 1.81. The highest BCUT2D eigenvalue weighted by Crippen LogP contribution is 2.29. The third kappa shape index (κ3) is 2.53. The van der Waals surface area contributed by atoms with Gasteiger partial charge >= 0.3 is 0 Å². The molecule has 0 amide bonds. The number of hydrogen-bond donors (Lipinski definition) is 1. The van der Waals surface area contributed by atoms with E-state index in [1.807, 2.05) is 11.6 Å². The lowest BCUT2D eigenvalue weighted by Gasteiger charge is -2.16. The van der Waals surface area contributed by atoms with E-state index >= 15 is 0 Å². The van der Waals surface area contributed by atoms with Gasteiger partial charge in [0, 0.05) is 18.0 Å². The monoisotopic (exact) mass is 304 g/mol.